The number of nitrogens with zero attached hydrogens (tertiary/aromatic N) is 1. The lowest BCUT2D eigenvalue weighted by Gasteiger charge is -2.19. The van der Waals surface area contributed by atoms with Gasteiger partial charge < -0.3 is 0 Å². The van der Waals surface area contributed by atoms with Crippen molar-refractivity contribution in [3.63, 3.8) is 0 Å². The summed E-state index contributed by atoms with van der Waals surface area (Å²) < 4.78 is 0. The summed E-state index contributed by atoms with van der Waals surface area (Å²) in [5, 5.41) is 7.47. The summed E-state index contributed by atoms with van der Waals surface area (Å²) in [6, 6.07) is 74.9. The van der Waals surface area contributed by atoms with E-state index in [1.165, 1.54) is 82.4 Å². The lowest BCUT2D eigenvalue weighted by Crippen LogP contribution is -1.92. The first-order chi connectivity index (χ1) is 26.8. The Bertz CT molecular complexity index is 2880. The molecule has 0 saturated heterocycles. The number of aromatic nitrogens is 1. The predicted molar refractivity (Wildman–Crippen MR) is 229 cm³/mol. The predicted octanol–water partition coefficient (Wildman–Crippen LogP) is 14.5. The maximum absolute atomic E-state index is 4.65. The molecular formula is C53H35N. The van der Waals surface area contributed by atoms with Gasteiger partial charge in [0.1, 0.15) is 0 Å². The van der Waals surface area contributed by atoms with Gasteiger partial charge >= 0.3 is 0 Å². The van der Waals surface area contributed by atoms with E-state index < -0.39 is 0 Å². The molecule has 0 unspecified atom stereocenters. The molecule has 0 spiro atoms. The molecule has 54 heavy (non-hydrogen) atoms. The van der Waals surface area contributed by atoms with E-state index in [1.54, 1.807) is 0 Å². The van der Waals surface area contributed by atoms with Crippen LogP contribution in [0.2, 0.25) is 0 Å². The number of benzene rings is 9. The van der Waals surface area contributed by atoms with Crippen molar-refractivity contribution in [3.05, 3.63) is 212 Å². The molecule has 1 aromatic heterocycles. The summed E-state index contributed by atoms with van der Waals surface area (Å²) in [5.41, 5.74) is 14.1. The Kier molecular flexibility index (Phi) is 7.89. The van der Waals surface area contributed by atoms with Crippen molar-refractivity contribution in [1.82, 2.24) is 4.98 Å². The van der Waals surface area contributed by atoms with Gasteiger partial charge in [-0.2, -0.15) is 0 Å². The molecule has 1 nitrogen and oxygen atoms in total. The smallest absolute Gasteiger partial charge is 0.0702 e. The molecule has 0 aliphatic rings. The second-order valence-corrected chi connectivity index (χ2v) is 13.9. The zero-order chi connectivity index (χ0) is 35.8. The summed E-state index contributed by atoms with van der Waals surface area (Å²) in [6.07, 6.45) is 1.86. The Hall–Kier alpha value is -7.09. The van der Waals surface area contributed by atoms with Crippen molar-refractivity contribution in [1.29, 1.82) is 0 Å². The largest absolute Gasteiger partial charge is 0.256 e. The first-order valence-corrected chi connectivity index (χ1v) is 18.5. The third-order valence-electron chi connectivity index (χ3n) is 10.7. The molecule has 0 aliphatic heterocycles. The topological polar surface area (TPSA) is 12.9 Å². The number of fused-ring (bicyclic) bond motifs is 3. The molecule has 0 aliphatic carbocycles. The Labute approximate surface area is 315 Å². The van der Waals surface area contributed by atoms with Crippen LogP contribution in [0.5, 0.6) is 0 Å². The van der Waals surface area contributed by atoms with Crippen LogP contribution in [0.1, 0.15) is 0 Å². The van der Waals surface area contributed by atoms with E-state index in [2.05, 4.69) is 199 Å². The van der Waals surface area contributed by atoms with Crippen molar-refractivity contribution in [2.45, 2.75) is 0 Å². The van der Waals surface area contributed by atoms with E-state index >= 15 is 0 Å². The Balaban J connectivity index is 1.26. The van der Waals surface area contributed by atoms with Gasteiger partial charge in [-0.1, -0.05) is 170 Å². The average Bonchev–Trinajstić information content (AvgIpc) is 3.26. The van der Waals surface area contributed by atoms with Gasteiger partial charge in [0, 0.05) is 11.8 Å². The fourth-order valence-electron chi connectivity index (χ4n) is 8.17. The Morgan fingerprint density at radius 2 is 0.741 bits per heavy atom. The Morgan fingerprint density at radius 3 is 1.46 bits per heavy atom. The summed E-state index contributed by atoms with van der Waals surface area (Å²) in [6.45, 7) is 0. The third kappa shape index (κ3) is 5.64. The molecule has 1 heterocycles. The molecule has 0 radical (unpaired) electrons. The normalized spacial score (nSPS) is 11.3. The SMILES string of the molecule is c1ccc(-c2cc(-c3cccc(-c4ccccn4)c3)cc(-c3ccc(-c4cccc5ccccc45)c4c(-c5cccc6ccccc56)cccc34)c2)cc1. The third-order valence-corrected chi connectivity index (χ3v) is 10.7. The second-order valence-electron chi connectivity index (χ2n) is 13.9. The first kappa shape index (κ1) is 31.6. The van der Waals surface area contributed by atoms with Crippen molar-refractivity contribution in [2.24, 2.45) is 0 Å². The van der Waals surface area contributed by atoms with Gasteiger partial charge in [-0.05, 0) is 124 Å². The number of rotatable bonds is 6. The van der Waals surface area contributed by atoms with Crippen LogP contribution >= 0.6 is 0 Å². The standard InChI is InChI=1S/C53H35N/c1-2-14-36(15-3-1)41-33-42(39-20-10-21-40(32-39)52-28-8-9-31-54-52)35-43(34-41)46-29-30-51(48-25-12-19-38-17-5-7-23-45(38)48)53-49(46)26-13-27-50(53)47-24-11-18-37-16-4-6-22-44(37)47/h1-35H. The highest BCUT2D eigenvalue weighted by Gasteiger charge is 2.18. The zero-order valence-corrected chi connectivity index (χ0v) is 29.7. The molecule has 10 rings (SSSR count). The van der Waals surface area contributed by atoms with Crippen LogP contribution in [0.15, 0.2) is 212 Å². The lowest BCUT2D eigenvalue weighted by atomic mass is 9.84. The fourth-order valence-corrected chi connectivity index (χ4v) is 8.17. The van der Waals surface area contributed by atoms with Crippen LogP contribution in [-0.4, -0.2) is 4.98 Å². The monoisotopic (exact) mass is 685 g/mol. The van der Waals surface area contributed by atoms with Gasteiger partial charge in [0.2, 0.25) is 0 Å². The quantitative estimate of drug-likeness (QED) is 0.170. The second kappa shape index (κ2) is 13.5. The first-order valence-electron chi connectivity index (χ1n) is 18.5. The maximum Gasteiger partial charge on any atom is 0.0702 e. The summed E-state index contributed by atoms with van der Waals surface area (Å²) in [4.78, 5) is 4.65. The van der Waals surface area contributed by atoms with E-state index in [4.69, 9.17) is 0 Å². The van der Waals surface area contributed by atoms with Crippen LogP contribution in [0.25, 0.3) is 99.2 Å². The van der Waals surface area contributed by atoms with Crippen molar-refractivity contribution in [2.75, 3.05) is 0 Å². The van der Waals surface area contributed by atoms with Crippen LogP contribution in [-0.2, 0) is 0 Å². The van der Waals surface area contributed by atoms with Gasteiger partial charge in [-0.3, -0.25) is 4.98 Å². The molecule has 0 amide bonds. The highest BCUT2D eigenvalue weighted by Crippen LogP contribution is 2.45. The van der Waals surface area contributed by atoms with Crippen molar-refractivity contribution >= 4 is 32.3 Å². The van der Waals surface area contributed by atoms with Gasteiger partial charge in [0.05, 0.1) is 5.69 Å². The van der Waals surface area contributed by atoms with E-state index in [1.807, 2.05) is 18.3 Å². The van der Waals surface area contributed by atoms with Gasteiger partial charge in [0.25, 0.3) is 0 Å². The van der Waals surface area contributed by atoms with E-state index in [0.717, 1.165) is 16.8 Å². The zero-order valence-electron chi connectivity index (χ0n) is 29.7. The maximum atomic E-state index is 4.65. The van der Waals surface area contributed by atoms with Crippen LogP contribution in [0, 0.1) is 0 Å². The summed E-state index contributed by atoms with van der Waals surface area (Å²) in [5.74, 6) is 0. The van der Waals surface area contributed by atoms with Crippen molar-refractivity contribution in [3.8, 4) is 66.9 Å². The van der Waals surface area contributed by atoms with Crippen LogP contribution in [0.3, 0.4) is 0 Å². The van der Waals surface area contributed by atoms with Gasteiger partial charge in [-0.15, -0.1) is 0 Å². The molecule has 0 N–H and O–H groups in total. The molecule has 0 bridgehead atoms. The number of pyridine rings is 1. The van der Waals surface area contributed by atoms with E-state index in [9.17, 15) is 0 Å². The average molecular weight is 686 g/mol. The molecule has 10 aromatic rings. The minimum Gasteiger partial charge on any atom is -0.256 e. The molecule has 1 heteroatoms. The number of hydrogen-bond acceptors (Lipinski definition) is 1. The minimum absolute atomic E-state index is 0.967. The summed E-state index contributed by atoms with van der Waals surface area (Å²) in [7, 11) is 0. The van der Waals surface area contributed by atoms with Crippen LogP contribution < -0.4 is 0 Å². The molecule has 252 valence electrons. The fraction of sp³-hybridized carbons (Fsp3) is 0. The molecule has 9 aromatic carbocycles. The molecule has 0 fully saturated rings. The molecular weight excluding hydrogens is 651 g/mol. The lowest BCUT2D eigenvalue weighted by molar-refractivity contribution is 1.33. The minimum atomic E-state index is 0.967. The van der Waals surface area contributed by atoms with E-state index in [0.29, 0.717) is 0 Å². The van der Waals surface area contributed by atoms with Gasteiger partial charge in [0.15, 0.2) is 0 Å². The van der Waals surface area contributed by atoms with Crippen molar-refractivity contribution < 1.29 is 0 Å². The highest BCUT2D eigenvalue weighted by molar-refractivity contribution is 6.17. The molecule has 0 saturated carbocycles. The number of hydrogen-bond donors (Lipinski definition) is 0. The highest BCUT2D eigenvalue weighted by atomic mass is 14.7. The van der Waals surface area contributed by atoms with Gasteiger partial charge in [-0.25, -0.2) is 0 Å². The summed E-state index contributed by atoms with van der Waals surface area (Å²) >= 11 is 0. The molecule has 0 atom stereocenters. The Morgan fingerprint density at radius 1 is 0.259 bits per heavy atom. The van der Waals surface area contributed by atoms with E-state index in [-0.39, 0.29) is 0 Å². The van der Waals surface area contributed by atoms with Crippen LogP contribution in [0.4, 0.5) is 0 Å².